The number of nitrogens with one attached hydrogen (secondary N) is 1. The molecule has 0 unspecified atom stereocenters. The number of benzene rings is 2. The number of hydrogen-bond donors (Lipinski definition) is 1. The van der Waals surface area contributed by atoms with E-state index in [9.17, 15) is 22.8 Å². The Morgan fingerprint density at radius 2 is 1.77 bits per heavy atom. The van der Waals surface area contributed by atoms with Crippen LogP contribution in [0.15, 0.2) is 48.5 Å². The van der Waals surface area contributed by atoms with Crippen LogP contribution in [0.1, 0.15) is 11.1 Å². The smallest absolute Gasteiger partial charge is 0.416 e. The highest BCUT2D eigenvalue weighted by molar-refractivity contribution is 5.91. The molecular weight excluding hydrogens is 351 g/mol. The highest BCUT2D eigenvalue weighted by Gasteiger charge is 2.30. The number of carbonyl (C=O) groups excluding carboxylic acids is 2. The molecule has 0 aliphatic heterocycles. The predicted octanol–water partition coefficient (Wildman–Crippen LogP) is 3.44. The Morgan fingerprint density at radius 1 is 1.08 bits per heavy atom. The van der Waals surface area contributed by atoms with Gasteiger partial charge in [-0.3, -0.25) is 9.59 Å². The lowest BCUT2D eigenvalue weighted by molar-refractivity contribution is -0.140. The van der Waals surface area contributed by atoms with Gasteiger partial charge in [0.15, 0.2) is 6.61 Å². The van der Waals surface area contributed by atoms with Gasteiger partial charge in [-0.1, -0.05) is 18.2 Å². The van der Waals surface area contributed by atoms with E-state index in [4.69, 9.17) is 4.74 Å². The quantitative estimate of drug-likeness (QED) is 0.795. The minimum Gasteiger partial charge on any atom is -0.484 e. The topological polar surface area (TPSA) is 64.6 Å². The molecule has 2 rings (SSSR count). The Morgan fingerprint density at radius 3 is 2.38 bits per heavy atom. The molecule has 26 heavy (non-hydrogen) atoms. The molecule has 0 radical (unpaired) electrons. The molecule has 0 aromatic heterocycles. The Hall–Kier alpha value is -3.03. The summed E-state index contributed by atoms with van der Waals surface area (Å²) in [6, 6.07) is 10.8. The monoisotopic (exact) mass is 367 g/mol. The Labute approximate surface area is 147 Å². The fourth-order valence-electron chi connectivity index (χ4n) is 2.06. The first kappa shape index (κ1) is 19.3. The minimum atomic E-state index is -4.48. The van der Waals surface area contributed by atoms with Crippen LogP contribution in [0.5, 0.6) is 5.75 Å². The zero-order valence-corrected chi connectivity index (χ0v) is 13.8. The highest BCUT2D eigenvalue weighted by Crippen LogP contribution is 2.30. The third-order valence-electron chi connectivity index (χ3n) is 3.34. The maximum absolute atomic E-state index is 12.6. The summed E-state index contributed by atoms with van der Waals surface area (Å²) in [4.78, 5) is 23.0. The Kier molecular flexibility index (Phi) is 6.21. The number of alkyl halides is 3. The largest absolute Gasteiger partial charge is 0.484 e. The van der Waals surface area contributed by atoms with Crippen molar-refractivity contribution in [3.05, 3.63) is 59.7 Å². The number of esters is 1. The molecular formula is C18H16F3NO4. The average Bonchev–Trinajstić information content (AvgIpc) is 2.60. The molecule has 0 aliphatic carbocycles. The lowest BCUT2D eigenvalue weighted by Gasteiger charge is -2.10. The molecule has 0 bridgehead atoms. The van der Waals surface area contributed by atoms with Crippen LogP contribution in [-0.4, -0.2) is 25.6 Å². The summed E-state index contributed by atoms with van der Waals surface area (Å²) < 4.78 is 47.8. The number of rotatable bonds is 6. The van der Waals surface area contributed by atoms with Gasteiger partial charge in [-0.05, 0) is 35.9 Å². The summed E-state index contributed by atoms with van der Waals surface area (Å²) in [6.45, 7) is -0.368. The number of hydrogen-bond acceptors (Lipinski definition) is 4. The van der Waals surface area contributed by atoms with Gasteiger partial charge in [-0.2, -0.15) is 13.2 Å². The van der Waals surface area contributed by atoms with E-state index in [-0.39, 0.29) is 24.7 Å². The van der Waals surface area contributed by atoms with Crippen LogP contribution >= 0.6 is 0 Å². The van der Waals surface area contributed by atoms with Crippen molar-refractivity contribution in [2.45, 2.75) is 12.6 Å². The molecule has 2 aromatic rings. The molecule has 0 fully saturated rings. The fourth-order valence-corrected chi connectivity index (χ4v) is 2.06. The molecule has 8 heteroatoms. The van der Waals surface area contributed by atoms with Gasteiger partial charge >= 0.3 is 12.1 Å². The summed E-state index contributed by atoms with van der Waals surface area (Å²) >= 11 is 0. The predicted molar refractivity (Wildman–Crippen MR) is 87.7 cm³/mol. The molecule has 0 atom stereocenters. The Balaban J connectivity index is 1.88. The van der Waals surface area contributed by atoms with Gasteiger partial charge in [-0.25, -0.2) is 0 Å². The van der Waals surface area contributed by atoms with Crippen molar-refractivity contribution in [3.63, 3.8) is 0 Å². The molecule has 0 heterocycles. The van der Waals surface area contributed by atoms with Gasteiger partial charge in [-0.15, -0.1) is 0 Å². The normalized spacial score (nSPS) is 10.9. The molecule has 138 valence electrons. The van der Waals surface area contributed by atoms with Crippen molar-refractivity contribution in [3.8, 4) is 5.75 Å². The third kappa shape index (κ3) is 5.80. The van der Waals surface area contributed by atoms with E-state index in [2.05, 4.69) is 10.1 Å². The van der Waals surface area contributed by atoms with Crippen LogP contribution in [-0.2, 0) is 26.9 Å². The van der Waals surface area contributed by atoms with Gasteiger partial charge in [0, 0.05) is 5.69 Å². The van der Waals surface area contributed by atoms with Crippen molar-refractivity contribution in [2.75, 3.05) is 19.0 Å². The summed E-state index contributed by atoms with van der Waals surface area (Å²) in [5, 5.41) is 2.34. The van der Waals surface area contributed by atoms with Crippen molar-refractivity contribution >= 4 is 17.6 Å². The highest BCUT2D eigenvalue weighted by atomic mass is 19.4. The molecule has 0 saturated carbocycles. The molecule has 1 amide bonds. The average molecular weight is 367 g/mol. The van der Waals surface area contributed by atoms with Crippen LogP contribution in [0.2, 0.25) is 0 Å². The van der Waals surface area contributed by atoms with Crippen molar-refractivity contribution in [1.82, 2.24) is 0 Å². The van der Waals surface area contributed by atoms with Crippen LogP contribution in [0.3, 0.4) is 0 Å². The molecule has 0 saturated heterocycles. The van der Waals surface area contributed by atoms with Gasteiger partial charge in [0.25, 0.3) is 5.91 Å². The first-order valence-corrected chi connectivity index (χ1v) is 7.53. The number of halogens is 3. The molecule has 2 aromatic carbocycles. The van der Waals surface area contributed by atoms with E-state index in [0.29, 0.717) is 5.75 Å². The number of ether oxygens (including phenoxy) is 2. The summed E-state index contributed by atoms with van der Waals surface area (Å²) in [5.41, 5.74) is -0.100. The van der Waals surface area contributed by atoms with Gasteiger partial charge in [0.2, 0.25) is 0 Å². The van der Waals surface area contributed by atoms with E-state index >= 15 is 0 Å². The van der Waals surface area contributed by atoms with Gasteiger partial charge in [0.05, 0.1) is 19.1 Å². The summed E-state index contributed by atoms with van der Waals surface area (Å²) in [5.74, 6) is -0.583. The summed E-state index contributed by atoms with van der Waals surface area (Å²) in [7, 11) is 1.29. The molecule has 0 spiro atoms. The number of carbonyl (C=O) groups is 2. The van der Waals surface area contributed by atoms with E-state index in [1.54, 1.807) is 24.3 Å². The van der Waals surface area contributed by atoms with E-state index in [1.165, 1.54) is 19.2 Å². The standard InChI is InChI=1S/C18H16F3NO4/c1-25-17(24)9-12-5-7-15(8-6-12)26-11-16(23)22-14-4-2-3-13(10-14)18(19,20)21/h2-8,10H,9,11H2,1H3,(H,22,23). The number of anilines is 1. The van der Waals surface area contributed by atoms with E-state index < -0.39 is 17.6 Å². The minimum absolute atomic E-state index is 0.0295. The van der Waals surface area contributed by atoms with Gasteiger partial charge < -0.3 is 14.8 Å². The second-order valence-electron chi connectivity index (χ2n) is 5.31. The zero-order valence-electron chi connectivity index (χ0n) is 13.8. The van der Waals surface area contributed by atoms with E-state index in [0.717, 1.165) is 17.7 Å². The lowest BCUT2D eigenvalue weighted by Crippen LogP contribution is -2.20. The van der Waals surface area contributed by atoms with Crippen LogP contribution in [0.4, 0.5) is 18.9 Å². The number of amides is 1. The molecule has 1 N–H and O–H groups in total. The van der Waals surface area contributed by atoms with Gasteiger partial charge in [0.1, 0.15) is 5.75 Å². The first-order chi connectivity index (χ1) is 12.3. The van der Waals surface area contributed by atoms with Crippen molar-refractivity contribution in [1.29, 1.82) is 0 Å². The maximum Gasteiger partial charge on any atom is 0.416 e. The number of methoxy groups -OCH3 is 1. The van der Waals surface area contributed by atoms with Crippen molar-refractivity contribution < 1.29 is 32.2 Å². The second kappa shape index (κ2) is 8.37. The van der Waals surface area contributed by atoms with Crippen LogP contribution < -0.4 is 10.1 Å². The van der Waals surface area contributed by atoms with Crippen molar-refractivity contribution in [2.24, 2.45) is 0 Å². The molecule has 0 aliphatic rings. The SMILES string of the molecule is COC(=O)Cc1ccc(OCC(=O)Nc2cccc(C(F)(F)F)c2)cc1. The molecule has 5 nitrogen and oxygen atoms in total. The second-order valence-corrected chi connectivity index (χ2v) is 5.31. The lowest BCUT2D eigenvalue weighted by atomic mass is 10.1. The maximum atomic E-state index is 12.6. The first-order valence-electron chi connectivity index (χ1n) is 7.53. The van der Waals surface area contributed by atoms with E-state index in [1.807, 2.05) is 0 Å². The fraction of sp³-hybridized carbons (Fsp3) is 0.222. The zero-order chi connectivity index (χ0) is 19.2. The summed E-state index contributed by atoms with van der Waals surface area (Å²) in [6.07, 6.45) is -4.37. The van der Waals surface area contributed by atoms with Crippen LogP contribution in [0, 0.1) is 0 Å². The Bertz CT molecular complexity index is 773. The third-order valence-corrected chi connectivity index (χ3v) is 3.34. The van der Waals surface area contributed by atoms with Crippen LogP contribution in [0.25, 0.3) is 0 Å².